The molecule has 0 amide bonds. The maximum Gasteiger partial charge on any atom is 0.0891 e. The third-order valence-corrected chi connectivity index (χ3v) is 3.74. The van der Waals surface area contributed by atoms with Gasteiger partial charge in [0.1, 0.15) is 0 Å². The summed E-state index contributed by atoms with van der Waals surface area (Å²) in [4.78, 5) is 2.62. The van der Waals surface area contributed by atoms with Crippen molar-refractivity contribution in [3.63, 3.8) is 0 Å². The first-order valence-electron chi connectivity index (χ1n) is 5.86. The molecule has 88 valence electrons. The lowest BCUT2D eigenvalue weighted by atomic mass is 10.2. The Morgan fingerprint density at radius 1 is 0.882 bits per heavy atom. The third-order valence-electron chi connectivity index (χ3n) is 2.69. The minimum absolute atomic E-state index is 0.312. The Morgan fingerprint density at radius 2 is 1.29 bits per heavy atom. The molecule has 0 bridgehead atoms. The summed E-state index contributed by atoms with van der Waals surface area (Å²) in [5.41, 5.74) is 2.42. The predicted molar refractivity (Wildman–Crippen MR) is 78.0 cm³/mol. The highest BCUT2D eigenvalue weighted by Crippen LogP contribution is 2.30. The van der Waals surface area contributed by atoms with Gasteiger partial charge in [-0.05, 0) is 30.7 Å². The van der Waals surface area contributed by atoms with E-state index in [9.17, 15) is 0 Å². The van der Waals surface area contributed by atoms with Crippen LogP contribution in [0.25, 0.3) is 0 Å². The maximum absolute atomic E-state index is 3.74. The topological polar surface area (TPSA) is 3.24 Å². The standard InChI is InChI=1S/C15H16BrN/c1-2-15(16)17(13-9-5-3-6-10-13)14-11-7-4-8-12-14/h3-12,15H,2H2,1H3. The quantitative estimate of drug-likeness (QED) is 0.568. The van der Waals surface area contributed by atoms with Crippen LogP contribution in [0.5, 0.6) is 0 Å². The van der Waals surface area contributed by atoms with Crippen LogP contribution in [0.2, 0.25) is 0 Å². The van der Waals surface area contributed by atoms with Gasteiger partial charge in [0.25, 0.3) is 0 Å². The number of anilines is 2. The molecule has 0 N–H and O–H groups in total. The van der Waals surface area contributed by atoms with Gasteiger partial charge in [-0.3, -0.25) is 0 Å². The average Bonchev–Trinajstić information content (AvgIpc) is 2.41. The van der Waals surface area contributed by atoms with Gasteiger partial charge in [0.05, 0.1) is 4.95 Å². The van der Waals surface area contributed by atoms with Crippen molar-refractivity contribution in [1.82, 2.24) is 0 Å². The van der Waals surface area contributed by atoms with Crippen LogP contribution in [0.4, 0.5) is 11.4 Å². The predicted octanol–water partition coefficient (Wildman–Crippen LogP) is 4.96. The fourth-order valence-corrected chi connectivity index (χ4v) is 2.31. The van der Waals surface area contributed by atoms with Gasteiger partial charge < -0.3 is 4.90 Å². The molecule has 0 aliphatic rings. The van der Waals surface area contributed by atoms with Crippen molar-refractivity contribution in [1.29, 1.82) is 0 Å². The van der Waals surface area contributed by atoms with E-state index < -0.39 is 0 Å². The lowest BCUT2D eigenvalue weighted by molar-refractivity contribution is 0.841. The number of nitrogens with zero attached hydrogens (tertiary/aromatic N) is 1. The zero-order valence-electron chi connectivity index (χ0n) is 9.88. The number of rotatable bonds is 4. The Hall–Kier alpha value is -1.28. The highest BCUT2D eigenvalue weighted by molar-refractivity contribution is 9.09. The fraction of sp³-hybridized carbons (Fsp3) is 0.200. The summed E-state index contributed by atoms with van der Waals surface area (Å²) in [5.74, 6) is 0. The van der Waals surface area contributed by atoms with E-state index in [-0.39, 0.29) is 0 Å². The molecule has 0 aliphatic carbocycles. The van der Waals surface area contributed by atoms with Crippen molar-refractivity contribution in [2.24, 2.45) is 0 Å². The Labute approximate surface area is 111 Å². The van der Waals surface area contributed by atoms with Crippen LogP contribution < -0.4 is 4.90 Å². The molecule has 0 fully saturated rings. The summed E-state index contributed by atoms with van der Waals surface area (Å²) in [6.45, 7) is 2.18. The van der Waals surface area contributed by atoms with Crippen molar-refractivity contribution < 1.29 is 0 Å². The molecule has 2 aromatic carbocycles. The van der Waals surface area contributed by atoms with E-state index in [4.69, 9.17) is 0 Å². The molecule has 0 saturated heterocycles. The van der Waals surface area contributed by atoms with Crippen molar-refractivity contribution >= 4 is 27.3 Å². The average molecular weight is 290 g/mol. The molecule has 2 heteroatoms. The first-order valence-corrected chi connectivity index (χ1v) is 6.78. The number of hydrogen-bond acceptors (Lipinski definition) is 1. The fourth-order valence-electron chi connectivity index (χ4n) is 1.83. The molecule has 0 aromatic heterocycles. The second kappa shape index (κ2) is 5.87. The van der Waals surface area contributed by atoms with Crippen LogP contribution in [0.1, 0.15) is 13.3 Å². The largest absolute Gasteiger partial charge is 0.328 e. The number of para-hydroxylation sites is 2. The van der Waals surface area contributed by atoms with Crippen molar-refractivity contribution in [3.05, 3.63) is 60.7 Å². The molecule has 0 heterocycles. The minimum Gasteiger partial charge on any atom is -0.328 e. The summed E-state index contributed by atoms with van der Waals surface area (Å²) >= 11 is 3.74. The molecule has 0 saturated carbocycles. The van der Waals surface area contributed by atoms with Gasteiger partial charge in [0.15, 0.2) is 0 Å². The Morgan fingerprint density at radius 3 is 1.65 bits per heavy atom. The molecular formula is C15H16BrN. The van der Waals surface area contributed by atoms with Crippen molar-refractivity contribution in [2.75, 3.05) is 4.90 Å². The van der Waals surface area contributed by atoms with E-state index in [1.165, 1.54) is 11.4 Å². The van der Waals surface area contributed by atoms with Gasteiger partial charge in [-0.25, -0.2) is 0 Å². The second-order valence-electron chi connectivity index (χ2n) is 3.88. The van der Waals surface area contributed by atoms with E-state index in [0.717, 1.165) is 6.42 Å². The van der Waals surface area contributed by atoms with E-state index in [1.807, 2.05) is 12.1 Å². The highest BCUT2D eigenvalue weighted by atomic mass is 79.9. The van der Waals surface area contributed by atoms with Gasteiger partial charge in [0, 0.05) is 11.4 Å². The molecule has 2 rings (SSSR count). The van der Waals surface area contributed by atoms with Gasteiger partial charge >= 0.3 is 0 Å². The van der Waals surface area contributed by atoms with Crippen LogP contribution in [-0.4, -0.2) is 4.95 Å². The van der Waals surface area contributed by atoms with Crippen LogP contribution >= 0.6 is 15.9 Å². The molecule has 1 nitrogen and oxygen atoms in total. The molecular weight excluding hydrogens is 274 g/mol. The first kappa shape index (κ1) is 12.2. The van der Waals surface area contributed by atoms with Crippen LogP contribution in [0.3, 0.4) is 0 Å². The summed E-state index contributed by atoms with van der Waals surface area (Å²) in [7, 11) is 0. The SMILES string of the molecule is CCC(Br)N(c1ccccc1)c1ccccc1. The lowest BCUT2D eigenvalue weighted by Gasteiger charge is -2.29. The van der Waals surface area contributed by atoms with Crippen LogP contribution in [-0.2, 0) is 0 Å². The van der Waals surface area contributed by atoms with Gasteiger partial charge in [-0.15, -0.1) is 0 Å². The minimum atomic E-state index is 0.312. The zero-order valence-corrected chi connectivity index (χ0v) is 11.5. The number of alkyl halides is 1. The molecule has 17 heavy (non-hydrogen) atoms. The Bertz CT molecular complexity index is 401. The van der Waals surface area contributed by atoms with Crippen molar-refractivity contribution in [3.8, 4) is 0 Å². The Kier molecular flexibility index (Phi) is 4.21. The summed E-state index contributed by atoms with van der Waals surface area (Å²) in [6.07, 6.45) is 1.05. The summed E-state index contributed by atoms with van der Waals surface area (Å²) < 4.78 is 0. The lowest BCUT2D eigenvalue weighted by Crippen LogP contribution is -2.24. The van der Waals surface area contributed by atoms with E-state index >= 15 is 0 Å². The molecule has 0 aliphatic heterocycles. The molecule has 0 spiro atoms. The van der Waals surface area contributed by atoms with E-state index in [1.54, 1.807) is 0 Å². The van der Waals surface area contributed by atoms with Gasteiger partial charge in [-0.2, -0.15) is 0 Å². The highest BCUT2D eigenvalue weighted by Gasteiger charge is 2.15. The number of benzene rings is 2. The first-order chi connectivity index (χ1) is 8.33. The smallest absolute Gasteiger partial charge is 0.0891 e. The van der Waals surface area contributed by atoms with Gasteiger partial charge in [0.2, 0.25) is 0 Å². The number of hydrogen-bond donors (Lipinski definition) is 0. The third kappa shape index (κ3) is 2.89. The summed E-state index contributed by atoms with van der Waals surface area (Å²) in [6, 6.07) is 20.9. The normalized spacial score (nSPS) is 12.1. The number of halogens is 1. The van der Waals surface area contributed by atoms with E-state index in [2.05, 4.69) is 76.3 Å². The van der Waals surface area contributed by atoms with Crippen molar-refractivity contribution in [2.45, 2.75) is 18.3 Å². The van der Waals surface area contributed by atoms with E-state index in [0.29, 0.717) is 4.95 Å². The van der Waals surface area contributed by atoms with Crippen LogP contribution in [0.15, 0.2) is 60.7 Å². The molecule has 1 atom stereocenters. The van der Waals surface area contributed by atoms with Crippen LogP contribution in [0, 0.1) is 0 Å². The monoisotopic (exact) mass is 289 g/mol. The zero-order chi connectivity index (χ0) is 12.1. The Balaban J connectivity index is 2.39. The molecule has 0 radical (unpaired) electrons. The van der Waals surface area contributed by atoms with Gasteiger partial charge in [-0.1, -0.05) is 59.3 Å². The second-order valence-corrected chi connectivity index (χ2v) is 4.94. The maximum atomic E-state index is 3.74. The molecule has 1 unspecified atom stereocenters. The molecule has 2 aromatic rings. The summed E-state index contributed by atoms with van der Waals surface area (Å²) in [5, 5.41) is 0.